The van der Waals surface area contributed by atoms with Crippen LogP contribution in [0.5, 0.6) is 0 Å². The predicted octanol–water partition coefficient (Wildman–Crippen LogP) is 0.914. The van der Waals surface area contributed by atoms with Crippen LogP contribution in [-0.4, -0.2) is 41.5 Å². The second kappa shape index (κ2) is 7.37. The van der Waals surface area contributed by atoms with E-state index in [0.29, 0.717) is 6.04 Å². The minimum absolute atomic E-state index is 0.536. The van der Waals surface area contributed by atoms with E-state index in [2.05, 4.69) is 5.32 Å². The summed E-state index contributed by atoms with van der Waals surface area (Å²) in [7, 11) is -0.536. The van der Waals surface area contributed by atoms with Crippen LogP contribution in [0.15, 0.2) is 0 Å². The summed E-state index contributed by atoms with van der Waals surface area (Å²) in [6.45, 7) is 4.70. The molecule has 1 rings (SSSR count). The molecule has 84 valence electrons. The molecule has 4 heteroatoms. The highest BCUT2D eigenvalue weighted by Gasteiger charge is 2.16. The molecule has 0 amide bonds. The first-order chi connectivity index (χ1) is 6.83. The lowest BCUT2D eigenvalue weighted by atomic mass is 10.1. The fraction of sp³-hybridized carbons (Fsp3) is 1.00. The minimum Gasteiger partial charge on any atom is -0.382 e. The summed E-state index contributed by atoms with van der Waals surface area (Å²) in [5.74, 6) is 1.76. The molecule has 0 atom stereocenters. The molecule has 0 radical (unpaired) electrons. The zero-order valence-electron chi connectivity index (χ0n) is 8.96. The minimum atomic E-state index is -0.536. The molecule has 3 nitrogen and oxygen atoms in total. The highest BCUT2D eigenvalue weighted by Crippen LogP contribution is 2.08. The lowest BCUT2D eigenvalue weighted by Crippen LogP contribution is -2.36. The summed E-state index contributed by atoms with van der Waals surface area (Å²) in [5, 5.41) is 3.49. The average Bonchev–Trinajstić information content (AvgIpc) is 2.21. The number of nitrogens with one attached hydrogen (secondary N) is 1. The van der Waals surface area contributed by atoms with E-state index in [1.165, 1.54) is 0 Å². The number of hydrogen-bond acceptors (Lipinski definition) is 3. The third kappa shape index (κ3) is 5.08. The maximum absolute atomic E-state index is 11.1. The van der Waals surface area contributed by atoms with Gasteiger partial charge in [0.2, 0.25) is 0 Å². The van der Waals surface area contributed by atoms with E-state index in [0.717, 1.165) is 50.5 Å². The van der Waals surface area contributed by atoms with Crippen molar-refractivity contribution in [3.8, 4) is 0 Å². The SMILES string of the molecule is CCOCCCNC1CCS(=O)CC1. The van der Waals surface area contributed by atoms with Gasteiger partial charge in [-0.2, -0.15) is 0 Å². The summed E-state index contributed by atoms with van der Waals surface area (Å²) in [4.78, 5) is 0. The Kier molecular flexibility index (Phi) is 6.39. The van der Waals surface area contributed by atoms with Crippen molar-refractivity contribution in [1.29, 1.82) is 0 Å². The van der Waals surface area contributed by atoms with Crippen molar-refractivity contribution in [2.24, 2.45) is 0 Å². The van der Waals surface area contributed by atoms with E-state index in [-0.39, 0.29) is 0 Å². The Hall–Kier alpha value is 0.0700. The van der Waals surface area contributed by atoms with Crippen LogP contribution < -0.4 is 5.32 Å². The Morgan fingerprint density at radius 2 is 2.14 bits per heavy atom. The molecule has 0 saturated carbocycles. The number of hydrogen-bond donors (Lipinski definition) is 1. The molecular formula is C10H21NO2S. The van der Waals surface area contributed by atoms with E-state index in [4.69, 9.17) is 4.74 Å². The van der Waals surface area contributed by atoms with Crippen molar-refractivity contribution in [2.45, 2.75) is 32.2 Å². The number of ether oxygens (including phenoxy) is 1. The Morgan fingerprint density at radius 1 is 1.43 bits per heavy atom. The van der Waals surface area contributed by atoms with E-state index in [1.807, 2.05) is 6.92 Å². The van der Waals surface area contributed by atoms with Crippen molar-refractivity contribution in [3.63, 3.8) is 0 Å². The summed E-state index contributed by atoms with van der Waals surface area (Å²) in [5.41, 5.74) is 0. The zero-order valence-corrected chi connectivity index (χ0v) is 9.78. The number of rotatable bonds is 6. The second-order valence-electron chi connectivity index (χ2n) is 3.63. The van der Waals surface area contributed by atoms with E-state index >= 15 is 0 Å². The van der Waals surface area contributed by atoms with Crippen LogP contribution in [0.3, 0.4) is 0 Å². The molecule has 1 N–H and O–H groups in total. The van der Waals surface area contributed by atoms with Gasteiger partial charge in [0, 0.05) is 41.6 Å². The maximum atomic E-state index is 11.1. The molecule has 0 aliphatic carbocycles. The molecule has 0 bridgehead atoms. The molecule has 1 aliphatic rings. The zero-order chi connectivity index (χ0) is 10.2. The van der Waals surface area contributed by atoms with Crippen molar-refractivity contribution in [3.05, 3.63) is 0 Å². The van der Waals surface area contributed by atoms with Crippen LogP contribution in [0, 0.1) is 0 Å². The molecular weight excluding hydrogens is 198 g/mol. The molecule has 1 fully saturated rings. The van der Waals surface area contributed by atoms with Gasteiger partial charge in [-0.25, -0.2) is 0 Å². The molecule has 14 heavy (non-hydrogen) atoms. The van der Waals surface area contributed by atoms with Gasteiger partial charge in [0.1, 0.15) is 0 Å². The molecule has 1 saturated heterocycles. The fourth-order valence-electron chi connectivity index (χ4n) is 1.62. The lowest BCUT2D eigenvalue weighted by molar-refractivity contribution is 0.144. The molecule has 0 aromatic rings. The van der Waals surface area contributed by atoms with E-state index in [1.54, 1.807) is 0 Å². The van der Waals surface area contributed by atoms with E-state index < -0.39 is 10.8 Å². The summed E-state index contributed by atoms with van der Waals surface area (Å²) in [6.07, 6.45) is 3.22. The van der Waals surface area contributed by atoms with Gasteiger partial charge in [0.05, 0.1) is 0 Å². The molecule has 1 heterocycles. The molecule has 0 spiro atoms. The topological polar surface area (TPSA) is 38.3 Å². The third-order valence-corrected chi connectivity index (χ3v) is 3.87. The largest absolute Gasteiger partial charge is 0.382 e. The molecule has 0 unspecified atom stereocenters. The highest BCUT2D eigenvalue weighted by atomic mass is 32.2. The first-order valence-electron chi connectivity index (χ1n) is 5.49. The first kappa shape index (κ1) is 12.1. The van der Waals surface area contributed by atoms with Crippen LogP contribution in [0.1, 0.15) is 26.2 Å². The lowest BCUT2D eigenvalue weighted by Gasteiger charge is -2.22. The van der Waals surface area contributed by atoms with Gasteiger partial charge in [-0.1, -0.05) is 0 Å². The van der Waals surface area contributed by atoms with Gasteiger partial charge in [0.25, 0.3) is 0 Å². The smallest absolute Gasteiger partial charge is 0.0477 e. The Balaban J connectivity index is 1.94. The van der Waals surface area contributed by atoms with Crippen LogP contribution >= 0.6 is 0 Å². The van der Waals surface area contributed by atoms with Crippen LogP contribution in [-0.2, 0) is 15.5 Å². The Bertz CT molecular complexity index is 166. The van der Waals surface area contributed by atoms with E-state index in [9.17, 15) is 4.21 Å². The Labute approximate surface area is 89.1 Å². The standard InChI is InChI=1S/C10H21NO2S/c1-2-13-7-3-6-11-10-4-8-14(12)9-5-10/h10-11H,2-9H2,1H3. The average molecular weight is 219 g/mol. The van der Waals surface area contributed by atoms with Gasteiger partial charge < -0.3 is 10.1 Å². The fourth-order valence-corrected chi connectivity index (χ4v) is 2.92. The Morgan fingerprint density at radius 3 is 2.79 bits per heavy atom. The van der Waals surface area contributed by atoms with Gasteiger partial charge in [-0.05, 0) is 32.7 Å². The summed E-state index contributed by atoms with van der Waals surface area (Å²) in [6, 6.07) is 0.592. The summed E-state index contributed by atoms with van der Waals surface area (Å²) >= 11 is 0. The van der Waals surface area contributed by atoms with Crippen LogP contribution in [0.4, 0.5) is 0 Å². The first-order valence-corrected chi connectivity index (χ1v) is 6.98. The third-order valence-electron chi connectivity index (χ3n) is 2.49. The predicted molar refractivity (Wildman–Crippen MR) is 60.0 cm³/mol. The van der Waals surface area contributed by atoms with Crippen molar-refractivity contribution in [2.75, 3.05) is 31.3 Å². The molecule has 0 aromatic carbocycles. The molecule has 0 aromatic heterocycles. The van der Waals surface area contributed by atoms with Crippen molar-refractivity contribution < 1.29 is 8.95 Å². The molecule has 1 aliphatic heterocycles. The van der Waals surface area contributed by atoms with Gasteiger partial charge in [-0.15, -0.1) is 0 Å². The van der Waals surface area contributed by atoms with Gasteiger partial charge in [0.15, 0.2) is 0 Å². The van der Waals surface area contributed by atoms with Crippen molar-refractivity contribution in [1.82, 2.24) is 5.32 Å². The van der Waals surface area contributed by atoms with Crippen LogP contribution in [0.2, 0.25) is 0 Å². The highest BCUT2D eigenvalue weighted by molar-refractivity contribution is 7.85. The van der Waals surface area contributed by atoms with Crippen LogP contribution in [0.25, 0.3) is 0 Å². The quantitative estimate of drug-likeness (QED) is 0.675. The summed E-state index contributed by atoms with van der Waals surface area (Å²) < 4.78 is 16.3. The monoisotopic (exact) mass is 219 g/mol. The van der Waals surface area contributed by atoms with Gasteiger partial charge >= 0.3 is 0 Å². The van der Waals surface area contributed by atoms with Crippen molar-refractivity contribution >= 4 is 10.8 Å². The maximum Gasteiger partial charge on any atom is 0.0477 e. The van der Waals surface area contributed by atoms with Gasteiger partial charge in [-0.3, -0.25) is 4.21 Å². The second-order valence-corrected chi connectivity index (χ2v) is 5.32. The normalized spacial score (nSPS) is 27.8.